The third-order valence-electron chi connectivity index (χ3n) is 2.39. The molecule has 0 saturated heterocycles. The van der Waals surface area contributed by atoms with Crippen molar-refractivity contribution in [3.05, 3.63) is 0 Å². The van der Waals surface area contributed by atoms with Crippen LogP contribution in [0.15, 0.2) is 0 Å². The maximum absolute atomic E-state index is 11.2. The zero-order valence-corrected chi connectivity index (χ0v) is 9.09. The molecule has 0 fully saturated rings. The Balaban J connectivity index is 3.89. The molecule has 3 nitrogen and oxygen atoms in total. The highest BCUT2D eigenvalue weighted by molar-refractivity contribution is 5.70. The van der Waals surface area contributed by atoms with Crippen molar-refractivity contribution in [2.75, 3.05) is 13.7 Å². The van der Waals surface area contributed by atoms with Crippen LogP contribution in [0.3, 0.4) is 0 Å². The van der Waals surface area contributed by atoms with E-state index in [0.717, 1.165) is 6.42 Å². The summed E-state index contributed by atoms with van der Waals surface area (Å²) in [4.78, 5) is 11.2. The summed E-state index contributed by atoms with van der Waals surface area (Å²) in [5.41, 5.74) is 0. The van der Waals surface area contributed by atoms with Crippen LogP contribution >= 0.6 is 0 Å². The molecule has 0 aromatic carbocycles. The van der Waals surface area contributed by atoms with E-state index in [9.17, 15) is 4.79 Å². The van der Waals surface area contributed by atoms with Crippen molar-refractivity contribution >= 4 is 5.97 Å². The third-order valence-corrected chi connectivity index (χ3v) is 2.39. The van der Waals surface area contributed by atoms with E-state index in [1.807, 2.05) is 14.0 Å². The first kappa shape index (κ1) is 12.4. The second kappa shape index (κ2) is 6.89. The summed E-state index contributed by atoms with van der Waals surface area (Å²) in [6.07, 6.45) is 1.55. The lowest BCUT2D eigenvalue weighted by atomic mass is 9.97. The molecule has 1 N–H and O–H groups in total. The predicted octanol–water partition coefficient (Wildman–Crippen LogP) is 1.57. The van der Waals surface area contributed by atoms with Gasteiger partial charge in [-0.2, -0.15) is 0 Å². The molecule has 0 aromatic heterocycles. The van der Waals surface area contributed by atoms with E-state index in [2.05, 4.69) is 19.2 Å². The molecule has 0 heterocycles. The lowest BCUT2D eigenvalue weighted by Gasteiger charge is -2.21. The highest BCUT2D eigenvalue weighted by atomic mass is 16.5. The van der Waals surface area contributed by atoms with E-state index in [1.165, 1.54) is 0 Å². The molecular weight excluding hydrogens is 166 g/mol. The minimum atomic E-state index is -0.109. The van der Waals surface area contributed by atoms with Gasteiger partial charge in [-0.3, -0.25) is 4.79 Å². The van der Waals surface area contributed by atoms with Gasteiger partial charge >= 0.3 is 5.97 Å². The molecule has 3 heteroatoms. The Kier molecular flexibility index (Phi) is 6.59. The molecule has 0 aliphatic heterocycles. The number of hydrogen-bond donors (Lipinski definition) is 1. The minimum Gasteiger partial charge on any atom is -0.466 e. The Morgan fingerprint density at radius 2 is 2.08 bits per heavy atom. The van der Waals surface area contributed by atoms with Crippen molar-refractivity contribution in [2.24, 2.45) is 5.92 Å². The Labute approximate surface area is 80.8 Å². The van der Waals surface area contributed by atoms with Crippen molar-refractivity contribution in [1.29, 1.82) is 0 Å². The minimum absolute atomic E-state index is 0.109. The Hall–Kier alpha value is -0.570. The number of carbonyl (C=O) groups excluding carboxylic acids is 1. The molecule has 0 spiro atoms. The van der Waals surface area contributed by atoms with E-state index in [0.29, 0.717) is 18.9 Å². The van der Waals surface area contributed by atoms with Crippen LogP contribution in [0.2, 0.25) is 0 Å². The van der Waals surface area contributed by atoms with Gasteiger partial charge in [-0.15, -0.1) is 0 Å². The van der Waals surface area contributed by atoms with Gasteiger partial charge in [-0.1, -0.05) is 20.3 Å². The van der Waals surface area contributed by atoms with Gasteiger partial charge in [0.05, 0.1) is 13.0 Å². The predicted molar refractivity (Wildman–Crippen MR) is 53.6 cm³/mol. The number of esters is 1. The highest BCUT2D eigenvalue weighted by Gasteiger charge is 2.17. The Morgan fingerprint density at radius 3 is 2.46 bits per heavy atom. The molecule has 2 unspecified atom stereocenters. The van der Waals surface area contributed by atoms with Crippen molar-refractivity contribution in [3.8, 4) is 0 Å². The zero-order chi connectivity index (χ0) is 10.3. The molecule has 2 atom stereocenters. The van der Waals surface area contributed by atoms with E-state index in [-0.39, 0.29) is 12.0 Å². The van der Waals surface area contributed by atoms with Gasteiger partial charge in [-0.25, -0.2) is 0 Å². The van der Waals surface area contributed by atoms with Crippen LogP contribution in [-0.4, -0.2) is 25.7 Å². The largest absolute Gasteiger partial charge is 0.466 e. The summed E-state index contributed by atoms with van der Waals surface area (Å²) < 4.78 is 4.89. The van der Waals surface area contributed by atoms with E-state index in [4.69, 9.17) is 4.74 Å². The maximum atomic E-state index is 11.2. The first-order valence-corrected chi connectivity index (χ1v) is 4.98. The van der Waals surface area contributed by atoms with Gasteiger partial charge in [0.25, 0.3) is 0 Å². The second-order valence-electron chi connectivity index (χ2n) is 3.29. The third kappa shape index (κ3) is 4.88. The number of nitrogens with one attached hydrogen (secondary N) is 1. The smallest absolute Gasteiger partial charge is 0.307 e. The van der Waals surface area contributed by atoms with Crippen LogP contribution in [0.4, 0.5) is 0 Å². The van der Waals surface area contributed by atoms with Gasteiger partial charge in [-0.05, 0) is 19.9 Å². The molecule has 0 aromatic rings. The Morgan fingerprint density at radius 1 is 1.46 bits per heavy atom. The summed E-state index contributed by atoms with van der Waals surface area (Å²) >= 11 is 0. The molecule has 13 heavy (non-hydrogen) atoms. The first-order valence-electron chi connectivity index (χ1n) is 4.98. The molecule has 0 aliphatic rings. The summed E-state index contributed by atoms with van der Waals surface area (Å²) in [5.74, 6) is 0.400. The zero-order valence-electron chi connectivity index (χ0n) is 9.09. The fourth-order valence-electron chi connectivity index (χ4n) is 1.27. The van der Waals surface area contributed by atoms with Gasteiger partial charge in [0.2, 0.25) is 0 Å². The van der Waals surface area contributed by atoms with Crippen molar-refractivity contribution < 1.29 is 9.53 Å². The van der Waals surface area contributed by atoms with Crippen molar-refractivity contribution in [2.45, 2.75) is 39.7 Å². The number of hydrogen-bond acceptors (Lipinski definition) is 3. The summed E-state index contributed by atoms with van der Waals surface area (Å²) in [7, 11) is 1.88. The van der Waals surface area contributed by atoms with Crippen LogP contribution in [0.25, 0.3) is 0 Å². The fourth-order valence-corrected chi connectivity index (χ4v) is 1.27. The highest BCUT2D eigenvalue weighted by Crippen LogP contribution is 2.11. The summed E-state index contributed by atoms with van der Waals surface area (Å²) in [5, 5.41) is 3.14. The van der Waals surface area contributed by atoms with E-state index < -0.39 is 0 Å². The Bertz CT molecular complexity index is 148. The van der Waals surface area contributed by atoms with Crippen LogP contribution < -0.4 is 5.32 Å². The average Bonchev–Trinajstić information content (AvgIpc) is 2.13. The molecule has 0 radical (unpaired) electrons. The quantitative estimate of drug-likeness (QED) is 0.641. The monoisotopic (exact) mass is 187 g/mol. The van der Waals surface area contributed by atoms with E-state index >= 15 is 0 Å². The van der Waals surface area contributed by atoms with Gasteiger partial charge in [0.15, 0.2) is 0 Å². The molecule has 78 valence electrons. The molecule has 0 aliphatic carbocycles. The van der Waals surface area contributed by atoms with Gasteiger partial charge in [0, 0.05) is 6.04 Å². The van der Waals surface area contributed by atoms with Crippen LogP contribution in [-0.2, 0) is 9.53 Å². The molecule has 0 bridgehead atoms. The lowest BCUT2D eigenvalue weighted by Crippen LogP contribution is -2.34. The van der Waals surface area contributed by atoms with Gasteiger partial charge < -0.3 is 10.1 Å². The van der Waals surface area contributed by atoms with Crippen LogP contribution in [0.1, 0.15) is 33.6 Å². The maximum Gasteiger partial charge on any atom is 0.307 e. The number of ether oxygens (including phenoxy) is 1. The molecule has 0 saturated carbocycles. The topological polar surface area (TPSA) is 38.3 Å². The first-order chi connectivity index (χ1) is 6.15. The number of carbonyl (C=O) groups is 1. The van der Waals surface area contributed by atoms with Crippen LogP contribution in [0.5, 0.6) is 0 Å². The van der Waals surface area contributed by atoms with Crippen molar-refractivity contribution in [1.82, 2.24) is 5.32 Å². The van der Waals surface area contributed by atoms with Crippen LogP contribution in [0, 0.1) is 5.92 Å². The molecule has 0 amide bonds. The molecule has 0 rings (SSSR count). The fraction of sp³-hybridized carbons (Fsp3) is 0.900. The average molecular weight is 187 g/mol. The van der Waals surface area contributed by atoms with Gasteiger partial charge in [0.1, 0.15) is 0 Å². The lowest BCUT2D eigenvalue weighted by molar-refractivity contribution is -0.144. The normalized spacial score (nSPS) is 15.1. The molecular formula is C10H21NO2. The SMILES string of the molecule is CCOC(=O)CC(NC)C(C)CC. The number of rotatable bonds is 6. The summed E-state index contributed by atoms with van der Waals surface area (Å²) in [6, 6.07) is 0.240. The second-order valence-corrected chi connectivity index (χ2v) is 3.29. The van der Waals surface area contributed by atoms with Crippen molar-refractivity contribution in [3.63, 3.8) is 0 Å². The standard InChI is InChI=1S/C10H21NO2/c1-5-8(3)9(11-4)7-10(12)13-6-2/h8-9,11H,5-7H2,1-4H3. The van der Waals surface area contributed by atoms with E-state index in [1.54, 1.807) is 0 Å². The summed E-state index contributed by atoms with van der Waals surface area (Å²) in [6.45, 7) is 6.56.